The number of benzene rings is 3. The molecule has 0 bridgehead atoms. The fourth-order valence-electron chi connectivity index (χ4n) is 3.04. The van der Waals surface area contributed by atoms with Crippen molar-refractivity contribution in [1.29, 1.82) is 0 Å². The predicted molar refractivity (Wildman–Crippen MR) is 119 cm³/mol. The lowest BCUT2D eigenvalue weighted by atomic mass is 10.2. The molecule has 2 N–H and O–H groups in total. The van der Waals surface area contributed by atoms with Crippen molar-refractivity contribution in [2.45, 2.75) is 0 Å². The van der Waals surface area contributed by atoms with Crippen molar-refractivity contribution in [3.8, 4) is 28.7 Å². The summed E-state index contributed by atoms with van der Waals surface area (Å²) < 4.78 is 27.0. The molecule has 0 amide bonds. The van der Waals surface area contributed by atoms with E-state index in [1.807, 2.05) is 54.6 Å². The van der Waals surface area contributed by atoms with E-state index in [4.69, 9.17) is 23.7 Å². The Morgan fingerprint density at radius 1 is 0.533 bits per heavy atom. The molecule has 158 valence electrons. The van der Waals surface area contributed by atoms with Gasteiger partial charge in [-0.3, -0.25) is 0 Å². The van der Waals surface area contributed by atoms with Crippen LogP contribution in [0.3, 0.4) is 0 Å². The van der Waals surface area contributed by atoms with E-state index >= 15 is 0 Å². The van der Waals surface area contributed by atoms with Gasteiger partial charge in [0.25, 0.3) is 0 Å². The molecule has 3 aromatic carbocycles. The van der Waals surface area contributed by atoms with Crippen LogP contribution in [0.4, 0.5) is 22.7 Å². The fraction of sp³-hybridized carbons (Fsp3) is 0.217. The Labute approximate surface area is 176 Å². The molecular weight excluding hydrogens is 384 g/mol. The van der Waals surface area contributed by atoms with Crippen LogP contribution in [-0.4, -0.2) is 35.5 Å². The molecule has 0 saturated heterocycles. The lowest BCUT2D eigenvalue weighted by Gasteiger charge is -2.18. The Kier molecular flexibility index (Phi) is 6.75. The van der Waals surface area contributed by atoms with E-state index in [9.17, 15) is 0 Å². The third kappa shape index (κ3) is 4.63. The van der Waals surface area contributed by atoms with Gasteiger partial charge in [-0.2, -0.15) is 0 Å². The first-order chi connectivity index (χ1) is 14.6. The van der Waals surface area contributed by atoms with Crippen molar-refractivity contribution in [3.63, 3.8) is 0 Å². The molecule has 3 aromatic rings. The number of ether oxygens (including phenoxy) is 5. The maximum atomic E-state index is 5.45. The van der Waals surface area contributed by atoms with E-state index in [0.29, 0.717) is 28.7 Å². The number of para-hydroxylation sites is 2. The van der Waals surface area contributed by atoms with Crippen LogP contribution < -0.4 is 34.3 Å². The van der Waals surface area contributed by atoms with Crippen LogP contribution in [0, 0.1) is 0 Å². The van der Waals surface area contributed by atoms with E-state index in [1.165, 1.54) is 0 Å². The molecule has 7 nitrogen and oxygen atoms in total. The largest absolute Gasteiger partial charge is 0.497 e. The normalized spacial score (nSPS) is 10.2. The zero-order valence-electron chi connectivity index (χ0n) is 17.7. The monoisotopic (exact) mass is 410 g/mol. The third-order valence-corrected chi connectivity index (χ3v) is 4.50. The van der Waals surface area contributed by atoms with Gasteiger partial charge in [-0.1, -0.05) is 12.1 Å². The molecule has 0 saturated carbocycles. The smallest absolute Gasteiger partial charge is 0.203 e. The van der Waals surface area contributed by atoms with E-state index in [1.54, 1.807) is 35.5 Å². The molecule has 3 rings (SSSR count). The number of anilines is 4. The molecule has 0 heterocycles. The Morgan fingerprint density at radius 2 is 1.00 bits per heavy atom. The minimum atomic E-state index is 0.542. The topological polar surface area (TPSA) is 70.2 Å². The number of methoxy groups -OCH3 is 5. The average Bonchev–Trinajstić information content (AvgIpc) is 2.79. The van der Waals surface area contributed by atoms with E-state index in [-0.39, 0.29) is 0 Å². The van der Waals surface area contributed by atoms with Gasteiger partial charge in [0.2, 0.25) is 5.75 Å². The van der Waals surface area contributed by atoms with Gasteiger partial charge in [0.1, 0.15) is 11.5 Å². The molecule has 0 aromatic heterocycles. The van der Waals surface area contributed by atoms with Gasteiger partial charge in [0.15, 0.2) is 11.5 Å². The van der Waals surface area contributed by atoms with Gasteiger partial charge >= 0.3 is 0 Å². The summed E-state index contributed by atoms with van der Waals surface area (Å²) in [4.78, 5) is 0. The molecular formula is C23H26N2O5. The number of rotatable bonds is 9. The highest BCUT2D eigenvalue weighted by molar-refractivity contribution is 5.80. The van der Waals surface area contributed by atoms with Gasteiger partial charge in [0, 0.05) is 41.7 Å². The van der Waals surface area contributed by atoms with Crippen LogP contribution in [0.2, 0.25) is 0 Å². The molecule has 0 aliphatic rings. The SMILES string of the molecule is COc1cc(Nc2ccccc2Nc2cc(OC)c(OC)c(OC)c2)cc(OC)c1. The van der Waals surface area contributed by atoms with Crippen molar-refractivity contribution >= 4 is 22.7 Å². The molecule has 7 heteroatoms. The maximum Gasteiger partial charge on any atom is 0.203 e. The van der Waals surface area contributed by atoms with Crippen molar-refractivity contribution in [2.75, 3.05) is 46.2 Å². The molecule has 0 radical (unpaired) electrons. The van der Waals surface area contributed by atoms with Gasteiger partial charge in [0.05, 0.1) is 46.9 Å². The Balaban J connectivity index is 1.93. The van der Waals surface area contributed by atoms with Gasteiger partial charge < -0.3 is 34.3 Å². The highest BCUT2D eigenvalue weighted by Crippen LogP contribution is 2.41. The van der Waals surface area contributed by atoms with Crippen molar-refractivity contribution in [2.24, 2.45) is 0 Å². The van der Waals surface area contributed by atoms with E-state index < -0.39 is 0 Å². The quantitative estimate of drug-likeness (QED) is 0.501. The van der Waals surface area contributed by atoms with Crippen LogP contribution in [0.5, 0.6) is 28.7 Å². The Hall–Kier alpha value is -3.74. The summed E-state index contributed by atoms with van der Waals surface area (Å²) in [5.74, 6) is 3.09. The summed E-state index contributed by atoms with van der Waals surface area (Å²) in [6, 6.07) is 17.2. The molecule has 0 spiro atoms. The van der Waals surface area contributed by atoms with Gasteiger partial charge in [-0.25, -0.2) is 0 Å². The van der Waals surface area contributed by atoms with Crippen molar-refractivity contribution in [3.05, 3.63) is 54.6 Å². The summed E-state index contributed by atoms with van der Waals surface area (Å²) in [7, 11) is 8.01. The van der Waals surface area contributed by atoms with Gasteiger partial charge in [-0.15, -0.1) is 0 Å². The molecule has 0 fully saturated rings. The third-order valence-electron chi connectivity index (χ3n) is 4.50. The molecule has 0 aliphatic heterocycles. The summed E-state index contributed by atoms with van der Waals surface area (Å²) in [6.07, 6.45) is 0. The second-order valence-electron chi connectivity index (χ2n) is 6.31. The lowest BCUT2D eigenvalue weighted by Crippen LogP contribution is -2.00. The minimum Gasteiger partial charge on any atom is -0.497 e. The number of hydrogen-bond donors (Lipinski definition) is 2. The molecule has 0 atom stereocenters. The lowest BCUT2D eigenvalue weighted by molar-refractivity contribution is 0.324. The number of hydrogen-bond acceptors (Lipinski definition) is 7. The standard InChI is InChI=1S/C23H26N2O5/c1-26-17-10-15(11-18(14-17)27-2)24-19-8-6-7-9-20(19)25-16-12-21(28-3)23(30-5)22(13-16)29-4/h6-14,24-25H,1-5H3. The summed E-state index contributed by atoms with van der Waals surface area (Å²) in [6.45, 7) is 0. The van der Waals surface area contributed by atoms with Crippen molar-refractivity contribution in [1.82, 2.24) is 0 Å². The maximum absolute atomic E-state index is 5.45. The van der Waals surface area contributed by atoms with Crippen LogP contribution in [-0.2, 0) is 0 Å². The zero-order valence-corrected chi connectivity index (χ0v) is 17.7. The predicted octanol–water partition coefficient (Wildman–Crippen LogP) is 5.22. The Bertz CT molecular complexity index is 959. The van der Waals surface area contributed by atoms with E-state index in [0.717, 1.165) is 22.7 Å². The average molecular weight is 410 g/mol. The highest BCUT2D eigenvalue weighted by Gasteiger charge is 2.14. The number of nitrogens with one attached hydrogen (secondary N) is 2. The molecule has 30 heavy (non-hydrogen) atoms. The van der Waals surface area contributed by atoms with Crippen molar-refractivity contribution < 1.29 is 23.7 Å². The fourth-order valence-corrected chi connectivity index (χ4v) is 3.04. The van der Waals surface area contributed by atoms with Crippen LogP contribution in [0.25, 0.3) is 0 Å². The Morgan fingerprint density at radius 3 is 1.40 bits per heavy atom. The summed E-state index contributed by atoms with van der Waals surface area (Å²) >= 11 is 0. The van der Waals surface area contributed by atoms with E-state index in [2.05, 4.69) is 10.6 Å². The first-order valence-electron chi connectivity index (χ1n) is 9.28. The summed E-state index contributed by atoms with van der Waals surface area (Å²) in [5, 5.41) is 6.82. The first kappa shape index (κ1) is 21.0. The first-order valence-corrected chi connectivity index (χ1v) is 9.28. The highest BCUT2D eigenvalue weighted by atomic mass is 16.5. The summed E-state index contributed by atoms with van der Waals surface area (Å²) in [5.41, 5.74) is 3.38. The second kappa shape index (κ2) is 9.65. The minimum absolute atomic E-state index is 0.542. The second-order valence-corrected chi connectivity index (χ2v) is 6.31. The van der Waals surface area contributed by atoms with Gasteiger partial charge in [-0.05, 0) is 12.1 Å². The van der Waals surface area contributed by atoms with Crippen LogP contribution >= 0.6 is 0 Å². The molecule has 0 aliphatic carbocycles. The van der Waals surface area contributed by atoms with Crippen LogP contribution in [0.15, 0.2) is 54.6 Å². The zero-order chi connectivity index (χ0) is 21.5. The molecule has 0 unspecified atom stereocenters. The van der Waals surface area contributed by atoms with Crippen LogP contribution in [0.1, 0.15) is 0 Å².